The minimum atomic E-state index is -0.295. The Bertz CT molecular complexity index is 474. The molecule has 1 heterocycles. The summed E-state index contributed by atoms with van der Waals surface area (Å²) in [5.41, 5.74) is 8.14. The molecule has 4 N–H and O–H groups in total. The smallest absolute Gasteiger partial charge is 0.251 e. The quantitative estimate of drug-likeness (QED) is 0.706. The van der Waals surface area contributed by atoms with Crippen LogP contribution in [0.1, 0.15) is 23.7 Å². The van der Waals surface area contributed by atoms with Gasteiger partial charge in [0, 0.05) is 31.6 Å². The Morgan fingerprint density at radius 3 is 2.84 bits per heavy atom. The van der Waals surface area contributed by atoms with E-state index in [1.807, 2.05) is 13.0 Å². The number of nitrogens with zero attached hydrogens (tertiary/aromatic N) is 1. The number of carbonyl (C=O) groups excluding carboxylic acids is 1. The van der Waals surface area contributed by atoms with Gasteiger partial charge in [-0.05, 0) is 31.5 Å². The zero-order valence-corrected chi connectivity index (χ0v) is 11.4. The van der Waals surface area contributed by atoms with Crippen LogP contribution in [-0.4, -0.2) is 37.3 Å². The van der Waals surface area contributed by atoms with Gasteiger partial charge in [0.25, 0.3) is 5.91 Å². The molecule has 0 bridgehead atoms. The zero-order chi connectivity index (χ0) is 14.0. The molecule has 5 heteroatoms. The number of carbonyl (C=O) groups is 1. The lowest BCUT2D eigenvalue weighted by atomic mass is 10.0. The van der Waals surface area contributed by atoms with Crippen molar-refractivity contribution < 1.29 is 9.90 Å². The van der Waals surface area contributed by atoms with Gasteiger partial charge in [0.2, 0.25) is 0 Å². The Balaban J connectivity index is 2.16. The molecule has 1 saturated heterocycles. The summed E-state index contributed by atoms with van der Waals surface area (Å²) in [6.07, 6.45) is 0.672. The predicted octanol–water partition coefficient (Wildman–Crippen LogP) is 0.835. The van der Waals surface area contributed by atoms with Gasteiger partial charge in [-0.3, -0.25) is 4.79 Å². The number of hydrogen-bond donors (Lipinski definition) is 3. The minimum absolute atomic E-state index is 0.137. The van der Waals surface area contributed by atoms with Crippen LogP contribution >= 0.6 is 0 Å². The average Bonchev–Trinajstić information content (AvgIpc) is 2.87. The minimum Gasteiger partial charge on any atom is -0.397 e. The van der Waals surface area contributed by atoms with Crippen LogP contribution in [-0.2, 0) is 0 Å². The summed E-state index contributed by atoms with van der Waals surface area (Å²) >= 11 is 0. The molecule has 1 fully saturated rings. The lowest BCUT2D eigenvalue weighted by Gasteiger charge is -2.21. The molecule has 1 aromatic carbocycles. The van der Waals surface area contributed by atoms with Crippen molar-refractivity contribution in [2.75, 3.05) is 30.8 Å². The number of amides is 1. The van der Waals surface area contributed by atoms with E-state index in [1.54, 1.807) is 19.2 Å². The van der Waals surface area contributed by atoms with Crippen LogP contribution in [0.5, 0.6) is 0 Å². The number of rotatable bonds is 3. The van der Waals surface area contributed by atoms with E-state index in [4.69, 9.17) is 5.73 Å². The van der Waals surface area contributed by atoms with Crippen molar-refractivity contribution in [3.05, 3.63) is 23.8 Å². The highest BCUT2D eigenvalue weighted by atomic mass is 16.3. The highest BCUT2D eigenvalue weighted by Crippen LogP contribution is 2.30. The Kier molecular flexibility index (Phi) is 3.95. The van der Waals surface area contributed by atoms with Gasteiger partial charge in [-0.15, -0.1) is 0 Å². The van der Waals surface area contributed by atoms with Crippen LogP contribution in [0.2, 0.25) is 0 Å². The Morgan fingerprint density at radius 1 is 1.58 bits per heavy atom. The van der Waals surface area contributed by atoms with E-state index in [0.29, 0.717) is 11.3 Å². The lowest BCUT2D eigenvalue weighted by molar-refractivity contribution is 0.0963. The molecule has 19 heavy (non-hydrogen) atoms. The molecule has 0 saturated carbocycles. The summed E-state index contributed by atoms with van der Waals surface area (Å²) in [6, 6.07) is 5.36. The second kappa shape index (κ2) is 5.48. The molecule has 1 aliphatic rings. The van der Waals surface area contributed by atoms with Crippen LogP contribution in [0.25, 0.3) is 0 Å². The fourth-order valence-corrected chi connectivity index (χ4v) is 2.53. The van der Waals surface area contributed by atoms with E-state index in [2.05, 4.69) is 10.2 Å². The normalized spacial score (nSPS) is 20.4. The van der Waals surface area contributed by atoms with E-state index in [1.165, 1.54) is 0 Å². The van der Waals surface area contributed by atoms with E-state index in [9.17, 15) is 9.90 Å². The second-order valence-corrected chi connectivity index (χ2v) is 5.09. The number of anilines is 2. The van der Waals surface area contributed by atoms with Gasteiger partial charge < -0.3 is 21.1 Å². The van der Waals surface area contributed by atoms with Gasteiger partial charge >= 0.3 is 0 Å². The summed E-state index contributed by atoms with van der Waals surface area (Å²) in [5, 5.41) is 12.2. The fourth-order valence-electron chi connectivity index (χ4n) is 2.53. The third-order valence-electron chi connectivity index (χ3n) is 3.76. The third kappa shape index (κ3) is 2.81. The molecule has 0 aromatic heterocycles. The van der Waals surface area contributed by atoms with Gasteiger partial charge in [-0.1, -0.05) is 0 Å². The molecule has 2 unspecified atom stereocenters. The highest BCUT2D eigenvalue weighted by molar-refractivity contribution is 5.96. The first kappa shape index (κ1) is 13.7. The summed E-state index contributed by atoms with van der Waals surface area (Å²) in [4.78, 5) is 13.7. The van der Waals surface area contributed by atoms with Crippen molar-refractivity contribution in [1.29, 1.82) is 0 Å². The maximum atomic E-state index is 11.5. The van der Waals surface area contributed by atoms with Crippen LogP contribution in [0.3, 0.4) is 0 Å². The van der Waals surface area contributed by atoms with Gasteiger partial charge in [-0.2, -0.15) is 0 Å². The molecular formula is C14H21N3O2. The summed E-state index contributed by atoms with van der Waals surface area (Å²) in [5.74, 6) is 0.152. The molecule has 1 aromatic rings. The molecule has 0 aliphatic carbocycles. The maximum absolute atomic E-state index is 11.5. The molecule has 104 valence electrons. The van der Waals surface area contributed by atoms with Crippen molar-refractivity contribution in [2.24, 2.45) is 5.92 Å². The van der Waals surface area contributed by atoms with E-state index in [0.717, 1.165) is 25.2 Å². The number of nitrogens with two attached hydrogens (primary N) is 1. The largest absolute Gasteiger partial charge is 0.397 e. The van der Waals surface area contributed by atoms with Gasteiger partial charge in [-0.25, -0.2) is 0 Å². The summed E-state index contributed by atoms with van der Waals surface area (Å²) < 4.78 is 0. The van der Waals surface area contributed by atoms with Crippen LogP contribution in [0.15, 0.2) is 18.2 Å². The van der Waals surface area contributed by atoms with Crippen LogP contribution < -0.4 is 16.0 Å². The average molecular weight is 263 g/mol. The van der Waals surface area contributed by atoms with Crippen molar-refractivity contribution in [3.8, 4) is 0 Å². The van der Waals surface area contributed by atoms with Crippen LogP contribution in [0.4, 0.5) is 11.4 Å². The van der Waals surface area contributed by atoms with Crippen molar-refractivity contribution in [1.82, 2.24) is 5.32 Å². The van der Waals surface area contributed by atoms with E-state index in [-0.39, 0.29) is 17.9 Å². The standard InChI is InChI=1S/C14H21N3O2/c1-9(18)11-5-6-17(8-11)13-4-3-10(7-12(13)15)14(19)16-2/h3-4,7,9,11,18H,5-6,8,15H2,1-2H3,(H,16,19). The number of hydrogen-bond acceptors (Lipinski definition) is 4. The number of nitrogens with one attached hydrogen (secondary N) is 1. The first-order valence-electron chi connectivity index (χ1n) is 6.57. The van der Waals surface area contributed by atoms with Crippen molar-refractivity contribution in [2.45, 2.75) is 19.4 Å². The predicted molar refractivity (Wildman–Crippen MR) is 76.2 cm³/mol. The SMILES string of the molecule is CNC(=O)c1ccc(N2CCC(C(C)O)C2)c(N)c1. The monoisotopic (exact) mass is 263 g/mol. The third-order valence-corrected chi connectivity index (χ3v) is 3.76. The number of benzene rings is 1. The van der Waals surface area contributed by atoms with Crippen molar-refractivity contribution in [3.63, 3.8) is 0 Å². The van der Waals surface area contributed by atoms with E-state index < -0.39 is 0 Å². The Morgan fingerprint density at radius 2 is 2.32 bits per heavy atom. The first-order chi connectivity index (χ1) is 9.02. The van der Waals surface area contributed by atoms with Gasteiger partial charge in [0.1, 0.15) is 0 Å². The first-order valence-corrected chi connectivity index (χ1v) is 6.57. The number of aliphatic hydroxyl groups excluding tert-OH is 1. The maximum Gasteiger partial charge on any atom is 0.251 e. The van der Waals surface area contributed by atoms with Crippen molar-refractivity contribution >= 4 is 17.3 Å². The molecule has 0 radical (unpaired) electrons. The fraction of sp³-hybridized carbons (Fsp3) is 0.500. The van der Waals surface area contributed by atoms with Crippen LogP contribution in [0, 0.1) is 5.92 Å². The zero-order valence-electron chi connectivity index (χ0n) is 11.4. The summed E-state index contributed by atoms with van der Waals surface area (Å²) in [7, 11) is 1.60. The second-order valence-electron chi connectivity index (χ2n) is 5.09. The molecule has 1 amide bonds. The molecule has 2 atom stereocenters. The number of nitrogen functional groups attached to an aromatic ring is 1. The van der Waals surface area contributed by atoms with Gasteiger partial charge in [0.15, 0.2) is 0 Å². The van der Waals surface area contributed by atoms with Gasteiger partial charge in [0.05, 0.1) is 17.5 Å². The molecule has 1 aliphatic heterocycles. The molecule has 5 nitrogen and oxygen atoms in total. The molecule has 0 spiro atoms. The molecular weight excluding hydrogens is 242 g/mol. The lowest BCUT2D eigenvalue weighted by Crippen LogP contribution is -2.25. The van der Waals surface area contributed by atoms with E-state index >= 15 is 0 Å². The molecule has 2 rings (SSSR count). The summed E-state index contributed by atoms with van der Waals surface area (Å²) in [6.45, 7) is 3.52. The Labute approximate surface area is 113 Å². The Hall–Kier alpha value is -1.75. The number of aliphatic hydroxyl groups is 1. The highest BCUT2D eigenvalue weighted by Gasteiger charge is 2.27. The topological polar surface area (TPSA) is 78.6 Å².